The number of carbonyl (C=O) groups is 2. The van der Waals surface area contributed by atoms with E-state index in [9.17, 15) is 9.59 Å². The van der Waals surface area contributed by atoms with Crippen molar-refractivity contribution in [3.8, 4) is 11.5 Å². The van der Waals surface area contributed by atoms with Gasteiger partial charge in [-0.05, 0) is 36.8 Å². The Morgan fingerprint density at radius 1 is 1.06 bits per heavy atom. The van der Waals surface area contributed by atoms with Gasteiger partial charge in [0.1, 0.15) is 17.6 Å². The minimum atomic E-state index is -0.587. The minimum absolute atomic E-state index is 0.0937. The van der Waals surface area contributed by atoms with Crippen LogP contribution in [-0.2, 0) is 11.3 Å². The smallest absolute Gasteiger partial charge is 0.251 e. The molecule has 0 saturated carbocycles. The normalized spacial score (nSPS) is 11.9. The average molecular weight is 428 g/mol. The summed E-state index contributed by atoms with van der Waals surface area (Å²) in [5, 5.41) is 8.88. The zero-order chi connectivity index (χ0) is 22.6. The first-order chi connectivity index (χ1) is 14.9. The first kappa shape index (κ1) is 23.5. The highest BCUT2D eigenvalue weighted by molar-refractivity contribution is 5.96. The Labute approximate surface area is 182 Å². The standard InChI is InChI=1S/C22H29N5O4/c1-15(31-19-6-4-5-18(11-19)30-3)12-26-22(24-2)27-13-16-7-9-17(10-8-16)21(29)25-14-20(23)28/h4-11,15H,12-14H2,1-3H3,(H2,23,28)(H,25,29)(H2,24,26,27). The molecule has 0 saturated heterocycles. The second-order valence-corrected chi connectivity index (χ2v) is 6.76. The summed E-state index contributed by atoms with van der Waals surface area (Å²) < 4.78 is 11.1. The predicted octanol–water partition coefficient (Wildman–Crippen LogP) is 1.04. The first-order valence-corrected chi connectivity index (χ1v) is 9.82. The molecule has 0 aliphatic heterocycles. The van der Waals surface area contributed by atoms with E-state index in [1.54, 1.807) is 26.3 Å². The van der Waals surface area contributed by atoms with Gasteiger partial charge in [-0.15, -0.1) is 0 Å². The van der Waals surface area contributed by atoms with Crippen LogP contribution >= 0.6 is 0 Å². The highest BCUT2D eigenvalue weighted by Crippen LogP contribution is 2.19. The maximum Gasteiger partial charge on any atom is 0.251 e. The highest BCUT2D eigenvalue weighted by Gasteiger charge is 2.08. The summed E-state index contributed by atoms with van der Waals surface area (Å²) in [5.41, 5.74) is 6.45. The summed E-state index contributed by atoms with van der Waals surface area (Å²) in [6.45, 7) is 2.84. The highest BCUT2D eigenvalue weighted by atomic mass is 16.5. The van der Waals surface area contributed by atoms with E-state index in [2.05, 4.69) is 20.9 Å². The molecule has 0 radical (unpaired) electrons. The molecule has 0 fully saturated rings. The van der Waals surface area contributed by atoms with Crippen LogP contribution in [0.3, 0.4) is 0 Å². The Bertz CT molecular complexity index is 899. The fraction of sp³-hybridized carbons (Fsp3) is 0.318. The number of nitrogens with zero attached hydrogens (tertiary/aromatic N) is 1. The van der Waals surface area contributed by atoms with Crippen molar-refractivity contribution in [3.05, 3.63) is 59.7 Å². The van der Waals surface area contributed by atoms with E-state index in [4.69, 9.17) is 15.2 Å². The van der Waals surface area contributed by atoms with Gasteiger partial charge in [-0.25, -0.2) is 0 Å². The number of nitrogens with one attached hydrogen (secondary N) is 3. The van der Waals surface area contributed by atoms with Crippen molar-refractivity contribution in [3.63, 3.8) is 0 Å². The van der Waals surface area contributed by atoms with E-state index < -0.39 is 5.91 Å². The zero-order valence-corrected chi connectivity index (χ0v) is 18.0. The lowest BCUT2D eigenvalue weighted by molar-refractivity contribution is -0.117. The number of amides is 2. The Hall–Kier alpha value is -3.75. The fourth-order valence-electron chi connectivity index (χ4n) is 2.64. The van der Waals surface area contributed by atoms with Gasteiger partial charge in [0, 0.05) is 25.2 Å². The molecule has 0 spiro atoms. The lowest BCUT2D eigenvalue weighted by Gasteiger charge is -2.18. The molecule has 0 aliphatic rings. The zero-order valence-electron chi connectivity index (χ0n) is 18.0. The van der Waals surface area contributed by atoms with Gasteiger partial charge in [-0.1, -0.05) is 18.2 Å². The van der Waals surface area contributed by atoms with Crippen molar-refractivity contribution in [2.75, 3.05) is 27.2 Å². The third-order valence-corrected chi connectivity index (χ3v) is 4.26. The van der Waals surface area contributed by atoms with Gasteiger partial charge in [0.2, 0.25) is 5.91 Å². The molecular formula is C22H29N5O4. The molecule has 2 aromatic carbocycles. The molecule has 9 heteroatoms. The summed E-state index contributed by atoms with van der Waals surface area (Å²) in [5.74, 6) is 1.17. The monoisotopic (exact) mass is 427 g/mol. The van der Waals surface area contributed by atoms with Gasteiger partial charge < -0.3 is 31.2 Å². The maximum atomic E-state index is 11.9. The summed E-state index contributed by atoms with van der Waals surface area (Å²) in [4.78, 5) is 26.9. The number of nitrogens with two attached hydrogens (primary N) is 1. The van der Waals surface area contributed by atoms with E-state index in [1.165, 1.54) is 0 Å². The molecule has 0 aromatic heterocycles. The van der Waals surface area contributed by atoms with E-state index in [1.807, 2.05) is 43.3 Å². The topological polar surface area (TPSA) is 127 Å². The van der Waals surface area contributed by atoms with Crippen molar-refractivity contribution in [2.24, 2.45) is 10.7 Å². The lowest BCUT2D eigenvalue weighted by atomic mass is 10.1. The van der Waals surface area contributed by atoms with Crippen LogP contribution in [0.5, 0.6) is 11.5 Å². The SMILES string of the molecule is CN=C(NCc1ccc(C(=O)NCC(N)=O)cc1)NCC(C)Oc1cccc(OC)c1. The van der Waals surface area contributed by atoms with Crippen molar-refractivity contribution in [2.45, 2.75) is 19.6 Å². The Kier molecular flexibility index (Phi) is 9.15. The molecule has 2 aromatic rings. The number of guanidine groups is 1. The summed E-state index contributed by atoms with van der Waals surface area (Å²) >= 11 is 0. The number of carbonyl (C=O) groups excluding carboxylic acids is 2. The van der Waals surface area contributed by atoms with E-state index in [0.29, 0.717) is 24.6 Å². The molecule has 31 heavy (non-hydrogen) atoms. The number of hydrogen-bond donors (Lipinski definition) is 4. The molecule has 9 nitrogen and oxygen atoms in total. The molecule has 0 aliphatic carbocycles. The third-order valence-electron chi connectivity index (χ3n) is 4.26. The molecule has 166 valence electrons. The van der Waals surface area contributed by atoms with Crippen LogP contribution in [0.2, 0.25) is 0 Å². The Balaban J connectivity index is 1.78. The quantitative estimate of drug-likeness (QED) is 0.331. The molecule has 2 amide bonds. The summed E-state index contributed by atoms with van der Waals surface area (Å²) in [6.07, 6.45) is -0.0937. The largest absolute Gasteiger partial charge is 0.497 e. The van der Waals surface area contributed by atoms with Crippen molar-refractivity contribution >= 4 is 17.8 Å². The minimum Gasteiger partial charge on any atom is -0.497 e. The van der Waals surface area contributed by atoms with Crippen molar-refractivity contribution in [1.82, 2.24) is 16.0 Å². The van der Waals surface area contributed by atoms with Crippen LogP contribution < -0.4 is 31.2 Å². The second kappa shape index (κ2) is 12.1. The number of hydrogen-bond acceptors (Lipinski definition) is 5. The Morgan fingerprint density at radius 3 is 2.42 bits per heavy atom. The maximum absolute atomic E-state index is 11.9. The van der Waals surface area contributed by atoms with Gasteiger partial charge in [0.15, 0.2) is 5.96 Å². The molecule has 0 heterocycles. The van der Waals surface area contributed by atoms with Crippen LogP contribution in [0.1, 0.15) is 22.8 Å². The van der Waals surface area contributed by atoms with Crippen molar-refractivity contribution in [1.29, 1.82) is 0 Å². The van der Waals surface area contributed by atoms with Gasteiger partial charge in [-0.2, -0.15) is 0 Å². The molecule has 2 rings (SSSR count). The first-order valence-electron chi connectivity index (χ1n) is 9.82. The molecule has 1 unspecified atom stereocenters. The van der Waals surface area contributed by atoms with Crippen LogP contribution in [-0.4, -0.2) is 51.1 Å². The number of rotatable bonds is 10. The molecule has 1 atom stereocenters. The third kappa shape index (κ3) is 8.25. The average Bonchev–Trinajstić information content (AvgIpc) is 2.78. The van der Waals surface area contributed by atoms with Crippen LogP contribution in [0.15, 0.2) is 53.5 Å². The number of primary amides is 1. The van der Waals surface area contributed by atoms with Gasteiger partial charge >= 0.3 is 0 Å². The molecule has 5 N–H and O–H groups in total. The van der Waals surface area contributed by atoms with Gasteiger partial charge in [0.05, 0.1) is 20.2 Å². The number of ether oxygens (including phenoxy) is 2. The number of aliphatic imine (C=N–C) groups is 1. The van der Waals surface area contributed by atoms with Crippen LogP contribution in [0, 0.1) is 0 Å². The van der Waals surface area contributed by atoms with Gasteiger partial charge in [-0.3, -0.25) is 14.6 Å². The van der Waals surface area contributed by atoms with E-state index >= 15 is 0 Å². The lowest BCUT2D eigenvalue weighted by Crippen LogP contribution is -2.41. The Morgan fingerprint density at radius 2 is 1.77 bits per heavy atom. The van der Waals surface area contributed by atoms with Crippen LogP contribution in [0.4, 0.5) is 0 Å². The predicted molar refractivity (Wildman–Crippen MR) is 119 cm³/mol. The van der Waals surface area contributed by atoms with E-state index in [-0.39, 0.29) is 18.6 Å². The van der Waals surface area contributed by atoms with E-state index in [0.717, 1.165) is 17.1 Å². The second-order valence-electron chi connectivity index (χ2n) is 6.76. The summed E-state index contributed by atoms with van der Waals surface area (Å²) in [6, 6.07) is 14.5. The number of benzene rings is 2. The van der Waals surface area contributed by atoms with Crippen LogP contribution in [0.25, 0.3) is 0 Å². The van der Waals surface area contributed by atoms with Crippen molar-refractivity contribution < 1.29 is 19.1 Å². The van der Waals surface area contributed by atoms with Gasteiger partial charge in [0.25, 0.3) is 5.91 Å². The molecular weight excluding hydrogens is 398 g/mol. The summed E-state index contributed by atoms with van der Waals surface area (Å²) in [7, 11) is 3.31. The fourth-order valence-corrected chi connectivity index (χ4v) is 2.64. The molecule has 0 bridgehead atoms. The number of methoxy groups -OCH3 is 1.